The molecule has 2 atom stereocenters. The molecule has 2 unspecified atom stereocenters. The molecule has 102 valence electrons. The van der Waals surface area contributed by atoms with Crippen LogP contribution >= 0.6 is 11.3 Å². The van der Waals surface area contributed by atoms with Gasteiger partial charge in [-0.25, -0.2) is 4.98 Å². The molecule has 1 aliphatic heterocycles. The zero-order valence-corrected chi connectivity index (χ0v) is 11.2. The standard InChI is InChI=1S/C11H19N3O3S/c1-12-6-9(15)10(16)8-7-18-11(13-8)14-2-4-17-5-3-14/h7,9-10,12,15-16H,2-6H2,1H3. The molecule has 3 N–H and O–H groups in total. The second-order valence-electron chi connectivity index (χ2n) is 4.22. The lowest BCUT2D eigenvalue weighted by Crippen LogP contribution is -2.36. The topological polar surface area (TPSA) is 77.8 Å². The maximum atomic E-state index is 9.94. The van der Waals surface area contributed by atoms with Crippen molar-refractivity contribution in [3.8, 4) is 0 Å². The molecular formula is C11H19N3O3S. The van der Waals surface area contributed by atoms with Crippen LogP contribution in [0.2, 0.25) is 0 Å². The number of hydrogen-bond acceptors (Lipinski definition) is 7. The second kappa shape index (κ2) is 6.44. The van der Waals surface area contributed by atoms with Crippen molar-refractivity contribution in [1.29, 1.82) is 0 Å². The van der Waals surface area contributed by atoms with Gasteiger partial charge in [-0.1, -0.05) is 0 Å². The molecule has 0 radical (unpaired) electrons. The molecule has 1 saturated heterocycles. The summed E-state index contributed by atoms with van der Waals surface area (Å²) >= 11 is 1.49. The highest BCUT2D eigenvalue weighted by Gasteiger charge is 2.22. The van der Waals surface area contributed by atoms with E-state index in [1.807, 2.05) is 0 Å². The highest BCUT2D eigenvalue weighted by molar-refractivity contribution is 7.13. The van der Waals surface area contributed by atoms with E-state index in [4.69, 9.17) is 4.74 Å². The van der Waals surface area contributed by atoms with Crippen LogP contribution in [0.25, 0.3) is 0 Å². The minimum Gasteiger partial charge on any atom is -0.389 e. The molecule has 0 saturated carbocycles. The Morgan fingerprint density at radius 2 is 2.22 bits per heavy atom. The summed E-state index contributed by atoms with van der Waals surface area (Å²) in [5.41, 5.74) is 0.532. The Morgan fingerprint density at radius 3 is 2.89 bits per heavy atom. The average Bonchev–Trinajstić information content (AvgIpc) is 2.89. The van der Waals surface area contributed by atoms with Crippen LogP contribution in [-0.4, -0.2) is 61.2 Å². The average molecular weight is 273 g/mol. The second-order valence-corrected chi connectivity index (χ2v) is 5.06. The first-order valence-corrected chi connectivity index (χ1v) is 6.89. The zero-order valence-electron chi connectivity index (χ0n) is 10.4. The summed E-state index contributed by atoms with van der Waals surface area (Å²) in [6.45, 7) is 3.40. The van der Waals surface area contributed by atoms with Gasteiger partial charge in [0.15, 0.2) is 5.13 Å². The molecule has 18 heavy (non-hydrogen) atoms. The maximum absolute atomic E-state index is 9.94. The molecule has 7 heteroatoms. The molecule has 1 aromatic heterocycles. The number of ether oxygens (including phenoxy) is 1. The van der Waals surface area contributed by atoms with Gasteiger partial charge in [0.2, 0.25) is 0 Å². The van der Waals surface area contributed by atoms with E-state index in [1.165, 1.54) is 11.3 Å². The molecule has 1 fully saturated rings. The largest absolute Gasteiger partial charge is 0.389 e. The van der Waals surface area contributed by atoms with Crippen LogP contribution in [0.4, 0.5) is 5.13 Å². The van der Waals surface area contributed by atoms with E-state index < -0.39 is 12.2 Å². The summed E-state index contributed by atoms with van der Waals surface area (Å²) in [5, 5.41) is 25.2. The SMILES string of the molecule is CNCC(O)C(O)c1csc(N2CCOCC2)n1. The maximum Gasteiger partial charge on any atom is 0.185 e. The molecular weight excluding hydrogens is 254 g/mol. The van der Waals surface area contributed by atoms with Gasteiger partial charge in [-0.3, -0.25) is 0 Å². The fourth-order valence-electron chi connectivity index (χ4n) is 1.83. The van der Waals surface area contributed by atoms with Gasteiger partial charge in [-0.2, -0.15) is 0 Å². The van der Waals surface area contributed by atoms with Crippen LogP contribution in [-0.2, 0) is 4.74 Å². The summed E-state index contributed by atoms with van der Waals surface area (Å²) in [4.78, 5) is 6.52. The van der Waals surface area contributed by atoms with Crippen molar-refractivity contribution < 1.29 is 14.9 Å². The van der Waals surface area contributed by atoms with E-state index in [1.54, 1.807) is 12.4 Å². The number of aromatic nitrogens is 1. The molecule has 0 aromatic carbocycles. The molecule has 1 aromatic rings. The van der Waals surface area contributed by atoms with Crippen molar-refractivity contribution in [2.45, 2.75) is 12.2 Å². The molecule has 0 amide bonds. The summed E-state index contributed by atoms with van der Waals surface area (Å²) in [6, 6.07) is 0. The quantitative estimate of drug-likeness (QED) is 0.677. The van der Waals surface area contributed by atoms with Gasteiger partial charge < -0.3 is 25.2 Å². The smallest absolute Gasteiger partial charge is 0.185 e. The lowest BCUT2D eigenvalue weighted by atomic mass is 10.1. The fourth-order valence-corrected chi connectivity index (χ4v) is 2.74. The first-order chi connectivity index (χ1) is 8.72. The number of hydrogen-bond donors (Lipinski definition) is 3. The van der Waals surface area contributed by atoms with E-state index in [9.17, 15) is 10.2 Å². The number of aliphatic hydroxyl groups is 2. The summed E-state index contributed by atoms with van der Waals surface area (Å²) in [5.74, 6) is 0. The van der Waals surface area contributed by atoms with Crippen LogP contribution < -0.4 is 10.2 Å². The Morgan fingerprint density at radius 1 is 1.50 bits per heavy atom. The predicted molar refractivity (Wildman–Crippen MR) is 70.0 cm³/mol. The Hall–Kier alpha value is -0.730. The minimum atomic E-state index is -0.941. The van der Waals surface area contributed by atoms with E-state index >= 15 is 0 Å². The lowest BCUT2D eigenvalue weighted by molar-refractivity contribution is 0.0180. The third kappa shape index (κ3) is 3.18. The third-order valence-electron chi connectivity index (χ3n) is 2.87. The number of likely N-dealkylation sites (N-methyl/N-ethyl adjacent to an activating group) is 1. The molecule has 2 heterocycles. The monoisotopic (exact) mass is 273 g/mol. The fraction of sp³-hybridized carbons (Fsp3) is 0.727. The van der Waals surface area contributed by atoms with Gasteiger partial charge in [0, 0.05) is 25.0 Å². The summed E-state index contributed by atoms with van der Waals surface area (Å²) in [7, 11) is 1.73. The van der Waals surface area contributed by atoms with Crippen molar-refractivity contribution in [2.75, 3.05) is 44.8 Å². The number of aliphatic hydroxyl groups excluding tert-OH is 2. The molecule has 2 rings (SSSR count). The summed E-state index contributed by atoms with van der Waals surface area (Å²) < 4.78 is 5.28. The zero-order chi connectivity index (χ0) is 13.0. The number of morpholine rings is 1. The first-order valence-electron chi connectivity index (χ1n) is 6.01. The molecule has 6 nitrogen and oxygen atoms in total. The third-order valence-corrected chi connectivity index (χ3v) is 3.79. The summed E-state index contributed by atoms with van der Waals surface area (Å²) in [6.07, 6.45) is -1.78. The van der Waals surface area contributed by atoms with E-state index in [2.05, 4.69) is 15.2 Å². The lowest BCUT2D eigenvalue weighted by Gasteiger charge is -2.26. The minimum absolute atomic E-state index is 0.339. The van der Waals surface area contributed by atoms with Gasteiger partial charge in [-0.05, 0) is 7.05 Å². The normalized spacial score (nSPS) is 19.8. The number of nitrogens with one attached hydrogen (secondary N) is 1. The number of rotatable bonds is 5. The molecule has 0 aliphatic carbocycles. The van der Waals surface area contributed by atoms with Gasteiger partial charge in [0.1, 0.15) is 6.10 Å². The van der Waals surface area contributed by atoms with Crippen molar-refractivity contribution in [3.05, 3.63) is 11.1 Å². The Balaban J connectivity index is 2.00. The number of anilines is 1. The van der Waals surface area contributed by atoms with Crippen molar-refractivity contribution in [2.24, 2.45) is 0 Å². The van der Waals surface area contributed by atoms with Crippen molar-refractivity contribution >= 4 is 16.5 Å². The van der Waals surface area contributed by atoms with Crippen LogP contribution in [0.1, 0.15) is 11.8 Å². The van der Waals surface area contributed by atoms with E-state index in [0.717, 1.165) is 18.2 Å². The highest BCUT2D eigenvalue weighted by atomic mass is 32.1. The van der Waals surface area contributed by atoms with Gasteiger partial charge >= 0.3 is 0 Å². The van der Waals surface area contributed by atoms with Crippen LogP contribution in [0.3, 0.4) is 0 Å². The molecule has 0 bridgehead atoms. The Bertz CT molecular complexity index is 368. The van der Waals surface area contributed by atoms with E-state index in [0.29, 0.717) is 25.5 Å². The van der Waals surface area contributed by atoms with Gasteiger partial charge in [0.25, 0.3) is 0 Å². The highest BCUT2D eigenvalue weighted by Crippen LogP contribution is 2.26. The Kier molecular flexibility index (Phi) is 4.90. The van der Waals surface area contributed by atoms with Crippen LogP contribution in [0.5, 0.6) is 0 Å². The van der Waals surface area contributed by atoms with Crippen LogP contribution in [0, 0.1) is 0 Å². The van der Waals surface area contributed by atoms with E-state index in [-0.39, 0.29) is 0 Å². The first kappa shape index (κ1) is 13.7. The van der Waals surface area contributed by atoms with Crippen molar-refractivity contribution in [3.63, 3.8) is 0 Å². The number of thiazole rings is 1. The van der Waals surface area contributed by atoms with Gasteiger partial charge in [0.05, 0.1) is 25.0 Å². The molecule has 0 spiro atoms. The molecule has 1 aliphatic rings. The Labute approximate surface area is 110 Å². The van der Waals surface area contributed by atoms with Gasteiger partial charge in [-0.15, -0.1) is 11.3 Å². The van der Waals surface area contributed by atoms with Crippen molar-refractivity contribution in [1.82, 2.24) is 10.3 Å². The number of nitrogens with zero attached hydrogens (tertiary/aromatic N) is 2. The predicted octanol–water partition coefficient (Wildman–Crippen LogP) is -0.407. The van der Waals surface area contributed by atoms with Crippen LogP contribution in [0.15, 0.2) is 5.38 Å².